The highest BCUT2D eigenvalue weighted by atomic mass is 16.6. The van der Waals surface area contributed by atoms with E-state index in [4.69, 9.17) is 9.47 Å². The summed E-state index contributed by atoms with van der Waals surface area (Å²) < 4.78 is 10.8. The molecular weight excluding hydrogens is 464 g/mol. The summed E-state index contributed by atoms with van der Waals surface area (Å²) in [6, 6.07) is 4.72. The molecule has 1 heterocycles. The lowest BCUT2D eigenvalue weighted by molar-refractivity contribution is -0.385. The van der Waals surface area contributed by atoms with Crippen LogP contribution in [-0.2, 0) is 23.9 Å². The predicted molar refractivity (Wildman–Crippen MR) is 131 cm³/mol. The van der Waals surface area contributed by atoms with Crippen LogP contribution in [0.4, 0.5) is 5.69 Å². The molecule has 2 aliphatic carbocycles. The van der Waals surface area contributed by atoms with E-state index >= 15 is 0 Å². The summed E-state index contributed by atoms with van der Waals surface area (Å²) in [4.78, 5) is 51.2. The van der Waals surface area contributed by atoms with Gasteiger partial charge in [-0.15, -0.1) is 0 Å². The normalized spacial score (nSPS) is 24.7. The lowest BCUT2D eigenvalue weighted by atomic mass is 9.69. The Morgan fingerprint density at radius 2 is 1.83 bits per heavy atom. The number of nitrogens with zero attached hydrogens (tertiary/aromatic N) is 1. The zero-order valence-electron chi connectivity index (χ0n) is 21.1. The van der Waals surface area contributed by atoms with Crippen molar-refractivity contribution in [1.29, 1.82) is 0 Å². The summed E-state index contributed by atoms with van der Waals surface area (Å²) in [5.74, 6) is -3.85. The van der Waals surface area contributed by atoms with Crippen LogP contribution >= 0.6 is 0 Å². The molecule has 1 aromatic carbocycles. The number of carbonyl (C=O) groups excluding carboxylic acids is 3. The lowest BCUT2D eigenvalue weighted by Gasteiger charge is -2.38. The van der Waals surface area contributed by atoms with E-state index < -0.39 is 34.5 Å². The van der Waals surface area contributed by atoms with Gasteiger partial charge in [0.05, 0.1) is 17.6 Å². The molecule has 0 spiro atoms. The monoisotopic (exact) mass is 496 g/mol. The topological polar surface area (TPSA) is 125 Å². The molecule has 0 radical (unpaired) electrons. The van der Waals surface area contributed by atoms with Crippen LogP contribution < -0.4 is 5.32 Å². The summed E-state index contributed by atoms with van der Waals surface area (Å²) >= 11 is 0. The van der Waals surface area contributed by atoms with Crippen molar-refractivity contribution in [2.75, 3.05) is 7.11 Å². The minimum Gasteiger partial charge on any atom is -0.468 e. The molecule has 0 aromatic heterocycles. The number of carbonyl (C=O) groups is 3. The maximum Gasteiger partial charge on any atom is 0.337 e. The van der Waals surface area contributed by atoms with E-state index in [2.05, 4.69) is 5.32 Å². The number of nitro groups is 1. The van der Waals surface area contributed by atoms with E-state index in [1.54, 1.807) is 26.0 Å². The van der Waals surface area contributed by atoms with Crippen LogP contribution in [0, 0.1) is 28.9 Å². The fraction of sp³-hybridized carbons (Fsp3) is 0.519. The van der Waals surface area contributed by atoms with Crippen LogP contribution in [0.3, 0.4) is 0 Å². The maximum atomic E-state index is 13.8. The second-order valence-corrected chi connectivity index (χ2v) is 10.0. The number of hydrogen-bond donors (Lipinski definition) is 1. The number of methoxy groups -OCH3 is 1. The van der Waals surface area contributed by atoms with Crippen molar-refractivity contribution in [1.82, 2.24) is 5.32 Å². The first kappa shape index (κ1) is 25.6. The third-order valence-corrected chi connectivity index (χ3v) is 7.55. The zero-order chi connectivity index (χ0) is 26.1. The Hall–Kier alpha value is -3.49. The minimum absolute atomic E-state index is 0.105. The van der Waals surface area contributed by atoms with Crippen molar-refractivity contribution < 1.29 is 28.8 Å². The van der Waals surface area contributed by atoms with Crippen molar-refractivity contribution in [2.24, 2.45) is 11.8 Å². The summed E-state index contributed by atoms with van der Waals surface area (Å²) in [7, 11) is 1.24. The molecule has 9 heteroatoms. The molecule has 1 aliphatic heterocycles. The number of aryl methyl sites for hydroxylation is 1. The number of esters is 2. The molecule has 192 valence electrons. The number of dihydropyridines is 1. The van der Waals surface area contributed by atoms with Crippen molar-refractivity contribution in [2.45, 2.75) is 71.3 Å². The van der Waals surface area contributed by atoms with E-state index in [0.29, 0.717) is 28.9 Å². The van der Waals surface area contributed by atoms with E-state index in [0.717, 1.165) is 32.1 Å². The van der Waals surface area contributed by atoms with E-state index in [-0.39, 0.29) is 28.9 Å². The average Bonchev–Trinajstić information content (AvgIpc) is 2.83. The Kier molecular flexibility index (Phi) is 7.28. The molecule has 0 saturated heterocycles. The second kappa shape index (κ2) is 10.2. The second-order valence-electron chi connectivity index (χ2n) is 10.0. The molecule has 4 rings (SSSR count). The van der Waals surface area contributed by atoms with Crippen LogP contribution in [0.2, 0.25) is 0 Å². The van der Waals surface area contributed by atoms with Gasteiger partial charge in [-0.1, -0.05) is 25.5 Å². The van der Waals surface area contributed by atoms with Gasteiger partial charge in [0, 0.05) is 34.5 Å². The molecule has 1 N–H and O–H groups in total. The van der Waals surface area contributed by atoms with Crippen LogP contribution in [0.1, 0.15) is 69.4 Å². The third kappa shape index (κ3) is 4.66. The van der Waals surface area contributed by atoms with Crippen molar-refractivity contribution >= 4 is 23.4 Å². The highest BCUT2D eigenvalue weighted by Crippen LogP contribution is 2.46. The number of ether oxygens (including phenoxy) is 2. The summed E-state index contributed by atoms with van der Waals surface area (Å²) in [6.07, 6.45) is 4.81. The molecule has 36 heavy (non-hydrogen) atoms. The molecule has 1 saturated carbocycles. The number of rotatable bonds is 5. The Labute approximate surface area is 210 Å². The largest absolute Gasteiger partial charge is 0.468 e. The molecule has 0 unspecified atom stereocenters. The van der Waals surface area contributed by atoms with Gasteiger partial charge in [-0.2, -0.15) is 0 Å². The number of nitrogens with one attached hydrogen (secondary N) is 1. The van der Waals surface area contributed by atoms with Gasteiger partial charge < -0.3 is 14.8 Å². The third-order valence-electron chi connectivity index (χ3n) is 7.55. The molecule has 3 aliphatic rings. The molecule has 1 aromatic rings. The fourth-order valence-corrected chi connectivity index (χ4v) is 5.68. The van der Waals surface area contributed by atoms with Gasteiger partial charge in [0.2, 0.25) is 0 Å². The number of Topliss-reactive ketones (excluding diaryl/α,β-unsaturated/α-hetero) is 1. The van der Waals surface area contributed by atoms with Gasteiger partial charge in [-0.25, -0.2) is 4.79 Å². The quantitative estimate of drug-likeness (QED) is 0.275. The summed E-state index contributed by atoms with van der Waals surface area (Å²) in [5, 5.41) is 14.9. The molecule has 0 bridgehead atoms. The van der Waals surface area contributed by atoms with Gasteiger partial charge >= 0.3 is 11.9 Å². The number of benzene rings is 1. The first-order valence-corrected chi connectivity index (χ1v) is 12.4. The first-order chi connectivity index (χ1) is 17.1. The number of ketones is 1. The molecule has 0 amide bonds. The Bertz CT molecular complexity index is 1180. The smallest absolute Gasteiger partial charge is 0.337 e. The predicted octanol–water partition coefficient (Wildman–Crippen LogP) is 4.39. The summed E-state index contributed by atoms with van der Waals surface area (Å²) in [5.41, 5.74) is 2.46. The van der Waals surface area contributed by atoms with E-state index in [1.807, 2.05) is 6.92 Å². The van der Waals surface area contributed by atoms with Crippen LogP contribution in [-0.4, -0.2) is 35.9 Å². The Morgan fingerprint density at radius 1 is 1.14 bits per heavy atom. The molecular formula is C27H32N2O7. The van der Waals surface area contributed by atoms with Crippen molar-refractivity contribution in [3.8, 4) is 0 Å². The van der Waals surface area contributed by atoms with Crippen molar-refractivity contribution in [3.05, 3.63) is 62.0 Å². The molecule has 9 nitrogen and oxygen atoms in total. The van der Waals surface area contributed by atoms with Crippen LogP contribution in [0.5, 0.6) is 0 Å². The number of nitro benzene ring substituents is 1. The highest BCUT2D eigenvalue weighted by molar-refractivity contribution is 6.12. The van der Waals surface area contributed by atoms with Gasteiger partial charge in [0.15, 0.2) is 5.78 Å². The van der Waals surface area contributed by atoms with Gasteiger partial charge in [0.1, 0.15) is 12.0 Å². The summed E-state index contributed by atoms with van der Waals surface area (Å²) in [6.45, 7) is 5.19. The van der Waals surface area contributed by atoms with E-state index in [9.17, 15) is 24.5 Å². The SMILES string of the molecule is COC(=O)[C@@H]1C(=O)C2=C(C[C@H]1C)NC(C)=C(C(=O)OC1CCCCC1)[C@H]2c1ccc(C)c([N+](=O)[O-])c1. The average molecular weight is 497 g/mol. The lowest BCUT2D eigenvalue weighted by Crippen LogP contribution is -2.43. The van der Waals surface area contributed by atoms with E-state index in [1.165, 1.54) is 13.2 Å². The minimum atomic E-state index is -1.02. The Balaban J connectivity index is 1.84. The van der Waals surface area contributed by atoms with Crippen LogP contribution in [0.25, 0.3) is 0 Å². The van der Waals surface area contributed by atoms with Crippen molar-refractivity contribution in [3.63, 3.8) is 0 Å². The number of allylic oxidation sites excluding steroid dienone is 3. The maximum absolute atomic E-state index is 13.8. The standard InChI is InChI=1S/C27H32N2O7/c1-14-10-11-17(13-20(14)29(33)34)23-22(27(32)36-18-8-6-5-7-9-18)16(3)28-19-12-15(2)21(26(31)35-4)25(30)24(19)23/h10-11,13,15,18,21,23,28H,5-9,12H2,1-4H3/t15-,21+,23-/m1/s1. The Morgan fingerprint density at radius 3 is 2.47 bits per heavy atom. The van der Waals surface area contributed by atoms with Gasteiger partial charge in [0.25, 0.3) is 5.69 Å². The molecule has 3 atom stereocenters. The number of hydrogen-bond acceptors (Lipinski definition) is 8. The van der Waals surface area contributed by atoms with Gasteiger partial charge in [-0.05, 0) is 57.4 Å². The van der Waals surface area contributed by atoms with Crippen LogP contribution in [0.15, 0.2) is 40.7 Å². The first-order valence-electron chi connectivity index (χ1n) is 12.4. The fourth-order valence-electron chi connectivity index (χ4n) is 5.68. The molecule has 1 fully saturated rings. The zero-order valence-corrected chi connectivity index (χ0v) is 21.1. The highest BCUT2D eigenvalue weighted by Gasteiger charge is 2.47. The van der Waals surface area contributed by atoms with Gasteiger partial charge in [-0.3, -0.25) is 19.7 Å².